The zero-order valence-electron chi connectivity index (χ0n) is 7.48. The average molecular weight is 231 g/mol. The molecule has 0 aromatic carbocycles. The molecular weight excluding hydrogens is 216 g/mol. The van der Waals surface area contributed by atoms with Gasteiger partial charge in [0.05, 0.1) is 12.7 Å². The van der Waals surface area contributed by atoms with Crippen LogP contribution in [0.15, 0.2) is 22.7 Å². The van der Waals surface area contributed by atoms with Crippen LogP contribution in [0, 0.1) is 0 Å². The number of rotatable bonds is 3. The van der Waals surface area contributed by atoms with E-state index < -0.39 is 0 Å². The lowest BCUT2D eigenvalue weighted by molar-refractivity contribution is 0.0910. The molecule has 0 saturated heterocycles. The second kappa shape index (κ2) is 4.83. The van der Waals surface area contributed by atoms with Gasteiger partial charge in [-0.05, 0) is 26.2 Å². The molecule has 0 heterocycles. The maximum Gasteiger partial charge on any atom is 0.0890 e. The normalized spacial score (nSPS) is 23.5. The van der Waals surface area contributed by atoms with Gasteiger partial charge in [-0.15, -0.1) is 0 Å². The summed E-state index contributed by atoms with van der Waals surface area (Å²) >= 11 is 3.51. The van der Waals surface area contributed by atoms with Crippen molar-refractivity contribution in [1.82, 2.24) is 0 Å². The van der Waals surface area contributed by atoms with Gasteiger partial charge in [-0.1, -0.05) is 34.2 Å². The summed E-state index contributed by atoms with van der Waals surface area (Å²) in [5, 5.41) is 0. The summed E-state index contributed by atoms with van der Waals surface area (Å²) < 4.78 is 6.85. The Morgan fingerprint density at radius 3 is 3.17 bits per heavy atom. The van der Waals surface area contributed by atoms with Crippen LogP contribution in [-0.2, 0) is 4.74 Å². The van der Waals surface area contributed by atoms with Crippen LogP contribution in [0.25, 0.3) is 0 Å². The summed E-state index contributed by atoms with van der Waals surface area (Å²) in [5.74, 6) is 0. The minimum Gasteiger partial charge on any atom is -0.369 e. The van der Waals surface area contributed by atoms with E-state index in [2.05, 4.69) is 28.6 Å². The highest BCUT2D eigenvalue weighted by atomic mass is 79.9. The molecule has 1 unspecified atom stereocenters. The Morgan fingerprint density at radius 2 is 2.58 bits per heavy atom. The van der Waals surface area contributed by atoms with Crippen LogP contribution in [0.4, 0.5) is 0 Å². The summed E-state index contributed by atoms with van der Waals surface area (Å²) in [6, 6.07) is 0. The molecule has 0 bridgehead atoms. The van der Waals surface area contributed by atoms with E-state index in [1.807, 2.05) is 6.92 Å². The Hall–Kier alpha value is -0.0800. The van der Waals surface area contributed by atoms with E-state index in [9.17, 15) is 0 Å². The standard InChI is InChI=1S/C10H15BrO/c1-8(2)7-12-10-6-4-3-5-9(10)11/h5,10H,1,3-4,6-7H2,2H3. The number of ether oxygens (including phenoxy) is 1. The van der Waals surface area contributed by atoms with Crippen LogP contribution in [0.1, 0.15) is 26.2 Å². The van der Waals surface area contributed by atoms with Crippen LogP contribution in [-0.4, -0.2) is 12.7 Å². The van der Waals surface area contributed by atoms with Crippen molar-refractivity contribution in [3.63, 3.8) is 0 Å². The van der Waals surface area contributed by atoms with E-state index in [1.54, 1.807) is 0 Å². The zero-order valence-corrected chi connectivity index (χ0v) is 9.06. The summed E-state index contributed by atoms with van der Waals surface area (Å²) in [5.41, 5.74) is 1.08. The number of halogens is 1. The van der Waals surface area contributed by atoms with Crippen LogP contribution < -0.4 is 0 Å². The van der Waals surface area contributed by atoms with Crippen LogP contribution in [0.2, 0.25) is 0 Å². The summed E-state index contributed by atoms with van der Waals surface area (Å²) in [7, 11) is 0. The van der Waals surface area contributed by atoms with Crippen LogP contribution >= 0.6 is 15.9 Å². The van der Waals surface area contributed by atoms with E-state index in [-0.39, 0.29) is 6.10 Å². The van der Waals surface area contributed by atoms with Crippen LogP contribution in [0.3, 0.4) is 0 Å². The van der Waals surface area contributed by atoms with Crippen molar-refractivity contribution in [1.29, 1.82) is 0 Å². The summed E-state index contributed by atoms with van der Waals surface area (Å²) in [4.78, 5) is 0. The first-order valence-corrected chi connectivity index (χ1v) is 5.11. The Labute approximate surface area is 82.6 Å². The smallest absolute Gasteiger partial charge is 0.0890 e. The molecule has 0 N–H and O–H groups in total. The monoisotopic (exact) mass is 230 g/mol. The van der Waals surface area contributed by atoms with Gasteiger partial charge in [0.25, 0.3) is 0 Å². The van der Waals surface area contributed by atoms with E-state index in [4.69, 9.17) is 4.74 Å². The number of hydrogen-bond donors (Lipinski definition) is 0. The lowest BCUT2D eigenvalue weighted by Crippen LogP contribution is -2.16. The predicted octanol–water partition coefficient (Wildman–Crippen LogP) is 3.41. The highest BCUT2D eigenvalue weighted by molar-refractivity contribution is 9.11. The predicted molar refractivity (Wildman–Crippen MR) is 55.4 cm³/mol. The van der Waals surface area contributed by atoms with E-state index >= 15 is 0 Å². The Kier molecular flexibility index (Phi) is 4.02. The second-order valence-electron chi connectivity index (χ2n) is 3.28. The average Bonchev–Trinajstić information content (AvgIpc) is 2.03. The van der Waals surface area contributed by atoms with Gasteiger partial charge >= 0.3 is 0 Å². The van der Waals surface area contributed by atoms with Crippen molar-refractivity contribution in [3.05, 3.63) is 22.7 Å². The second-order valence-corrected chi connectivity index (χ2v) is 4.19. The van der Waals surface area contributed by atoms with Crippen LogP contribution in [0.5, 0.6) is 0 Å². The van der Waals surface area contributed by atoms with E-state index in [1.165, 1.54) is 17.3 Å². The molecule has 1 rings (SSSR count). The molecular formula is C10H15BrO. The largest absolute Gasteiger partial charge is 0.369 e. The van der Waals surface area contributed by atoms with Crippen molar-refractivity contribution in [2.24, 2.45) is 0 Å². The number of allylic oxidation sites excluding steroid dienone is 1. The third-order valence-electron chi connectivity index (χ3n) is 1.85. The SMILES string of the molecule is C=C(C)COC1CCCC=C1Br. The maximum atomic E-state index is 5.64. The fraction of sp³-hybridized carbons (Fsp3) is 0.600. The van der Waals surface area contributed by atoms with Gasteiger partial charge in [0.15, 0.2) is 0 Å². The van der Waals surface area contributed by atoms with Crippen molar-refractivity contribution in [2.75, 3.05) is 6.61 Å². The topological polar surface area (TPSA) is 9.23 Å². The lowest BCUT2D eigenvalue weighted by atomic mass is 10.1. The van der Waals surface area contributed by atoms with E-state index in [0.29, 0.717) is 6.61 Å². The summed E-state index contributed by atoms with van der Waals surface area (Å²) in [6.45, 7) is 6.47. The molecule has 1 nitrogen and oxygen atoms in total. The fourth-order valence-corrected chi connectivity index (χ4v) is 1.81. The highest BCUT2D eigenvalue weighted by Gasteiger charge is 2.15. The Bertz CT molecular complexity index is 196. The van der Waals surface area contributed by atoms with Gasteiger partial charge in [0, 0.05) is 4.48 Å². The van der Waals surface area contributed by atoms with Crippen molar-refractivity contribution < 1.29 is 4.74 Å². The highest BCUT2D eigenvalue weighted by Crippen LogP contribution is 2.25. The molecule has 1 atom stereocenters. The maximum absolute atomic E-state index is 5.64. The fourth-order valence-electron chi connectivity index (χ4n) is 1.22. The quantitative estimate of drug-likeness (QED) is 0.676. The van der Waals surface area contributed by atoms with Gasteiger partial charge in [-0.25, -0.2) is 0 Å². The molecule has 0 aromatic rings. The number of hydrogen-bond acceptors (Lipinski definition) is 1. The van der Waals surface area contributed by atoms with Gasteiger partial charge in [-0.3, -0.25) is 0 Å². The first-order valence-electron chi connectivity index (χ1n) is 4.31. The third-order valence-corrected chi connectivity index (χ3v) is 2.68. The molecule has 1 aliphatic carbocycles. The molecule has 0 saturated carbocycles. The zero-order chi connectivity index (χ0) is 8.97. The molecule has 0 aromatic heterocycles. The molecule has 0 spiro atoms. The minimum atomic E-state index is 0.274. The van der Waals surface area contributed by atoms with Gasteiger partial charge in [0.1, 0.15) is 0 Å². The molecule has 0 fully saturated rings. The first kappa shape index (κ1) is 10.0. The molecule has 0 radical (unpaired) electrons. The summed E-state index contributed by atoms with van der Waals surface area (Å²) in [6.07, 6.45) is 6.01. The Balaban J connectivity index is 2.35. The molecule has 2 heteroatoms. The van der Waals surface area contributed by atoms with Crippen molar-refractivity contribution >= 4 is 15.9 Å². The van der Waals surface area contributed by atoms with Crippen molar-refractivity contribution in [2.45, 2.75) is 32.3 Å². The molecule has 68 valence electrons. The molecule has 12 heavy (non-hydrogen) atoms. The lowest BCUT2D eigenvalue weighted by Gasteiger charge is -2.20. The van der Waals surface area contributed by atoms with Gasteiger partial charge in [0.2, 0.25) is 0 Å². The minimum absolute atomic E-state index is 0.274. The van der Waals surface area contributed by atoms with Crippen molar-refractivity contribution in [3.8, 4) is 0 Å². The molecule has 1 aliphatic rings. The first-order chi connectivity index (χ1) is 5.70. The third kappa shape index (κ3) is 3.11. The molecule has 0 aliphatic heterocycles. The van der Waals surface area contributed by atoms with Gasteiger partial charge in [-0.2, -0.15) is 0 Å². The Morgan fingerprint density at radius 1 is 1.83 bits per heavy atom. The van der Waals surface area contributed by atoms with E-state index in [0.717, 1.165) is 12.0 Å². The van der Waals surface area contributed by atoms with Gasteiger partial charge < -0.3 is 4.74 Å². The molecule has 0 amide bonds.